The molecular formula is C14H17N3O2S. The zero-order chi connectivity index (χ0) is 14.7. The van der Waals surface area contributed by atoms with Crippen molar-refractivity contribution in [2.75, 3.05) is 19.9 Å². The molecule has 1 heterocycles. The third-order valence-electron chi connectivity index (χ3n) is 2.90. The van der Waals surface area contributed by atoms with Gasteiger partial charge in [0.2, 0.25) is 0 Å². The van der Waals surface area contributed by atoms with Gasteiger partial charge in [-0.3, -0.25) is 4.79 Å². The molecule has 0 unspecified atom stereocenters. The van der Waals surface area contributed by atoms with Crippen LogP contribution in [0.5, 0.6) is 5.75 Å². The SMILES string of the molecule is COc1cccc(N)c1C(=O)N(C)Cc1cnc(C)s1. The summed E-state index contributed by atoms with van der Waals surface area (Å²) in [5.41, 5.74) is 6.72. The minimum atomic E-state index is -0.161. The van der Waals surface area contributed by atoms with Gasteiger partial charge in [0, 0.05) is 23.8 Å². The second kappa shape index (κ2) is 5.92. The highest BCUT2D eigenvalue weighted by molar-refractivity contribution is 7.11. The molecule has 20 heavy (non-hydrogen) atoms. The Bertz CT molecular complexity index is 625. The fourth-order valence-corrected chi connectivity index (χ4v) is 2.77. The van der Waals surface area contributed by atoms with E-state index in [0.717, 1.165) is 9.88 Å². The van der Waals surface area contributed by atoms with Gasteiger partial charge in [-0.1, -0.05) is 6.07 Å². The number of carbonyl (C=O) groups is 1. The van der Waals surface area contributed by atoms with Crippen LogP contribution in [-0.2, 0) is 6.54 Å². The number of aryl methyl sites for hydroxylation is 1. The van der Waals surface area contributed by atoms with Crippen LogP contribution in [0.4, 0.5) is 5.69 Å². The van der Waals surface area contributed by atoms with E-state index in [2.05, 4.69) is 4.98 Å². The molecule has 0 bridgehead atoms. The first-order valence-electron chi connectivity index (χ1n) is 6.12. The summed E-state index contributed by atoms with van der Waals surface area (Å²) in [4.78, 5) is 19.3. The highest BCUT2D eigenvalue weighted by Crippen LogP contribution is 2.26. The van der Waals surface area contributed by atoms with Crippen LogP contribution in [0.2, 0.25) is 0 Å². The quantitative estimate of drug-likeness (QED) is 0.878. The van der Waals surface area contributed by atoms with Gasteiger partial charge < -0.3 is 15.4 Å². The maximum atomic E-state index is 12.5. The number of hydrogen-bond donors (Lipinski definition) is 1. The molecular weight excluding hydrogens is 274 g/mol. The third-order valence-corrected chi connectivity index (χ3v) is 3.80. The van der Waals surface area contributed by atoms with E-state index in [1.165, 1.54) is 7.11 Å². The molecule has 1 aromatic carbocycles. The molecule has 0 spiro atoms. The monoisotopic (exact) mass is 291 g/mol. The van der Waals surface area contributed by atoms with Crippen molar-refractivity contribution in [3.8, 4) is 5.75 Å². The van der Waals surface area contributed by atoms with Crippen molar-refractivity contribution in [1.82, 2.24) is 9.88 Å². The Morgan fingerprint density at radius 2 is 2.25 bits per heavy atom. The van der Waals surface area contributed by atoms with E-state index in [-0.39, 0.29) is 5.91 Å². The number of amides is 1. The Labute approximate surface area is 122 Å². The number of methoxy groups -OCH3 is 1. The summed E-state index contributed by atoms with van der Waals surface area (Å²) >= 11 is 1.58. The van der Waals surface area contributed by atoms with Crippen molar-refractivity contribution >= 4 is 22.9 Å². The van der Waals surface area contributed by atoms with Gasteiger partial charge in [0.25, 0.3) is 5.91 Å². The highest BCUT2D eigenvalue weighted by Gasteiger charge is 2.20. The summed E-state index contributed by atoms with van der Waals surface area (Å²) < 4.78 is 5.21. The number of carbonyl (C=O) groups excluding carboxylic acids is 1. The van der Waals surface area contributed by atoms with E-state index < -0.39 is 0 Å². The fourth-order valence-electron chi connectivity index (χ4n) is 1.92. The zero-order valence-corrected chi connectivity index (χ0v) is 12.5. The van der Waals surface area contributed by atoms with Crippen LogP contribution in [-0.4, -0.2) is 29.9 Å². The molecule has 1 amide bonds. The number of benzene rings is 1. The van der Waals surface area contributed by atoms with Crippen molar-refractivity contribution in [2.24, 2.45) is 0 Å². The summed E-state index contributed by atoms with van der Waals surface area (Å²) in [5.74, 6) is 0.327. The first-order chi connectivity index (χ1) is 9.52. The van der Waals surface area contributed by atoms with E-state index >= 15 is 0 Å². The standard InChI is InChI=1S/C14H17N3O2S/c1-9-16-7-10(20-9)8-17(2)14(18)13-11(15)5-4-6-12(13)19-3/h4-7H,8,15H2,1-3H3. The predicted octanol–water partition coefficient (Wildman–Crippen LogP) is 2.31. The summed E-state index contributed by atoms with van der Waals surface area (Å²) in [5, 5.41) is 0.984. The van der Waals surface area contributed by atoms with Crippen LogP contribution in [0.25, 0.3) is 0 Å². The smallest absolute Gasteiger partial charge is 0.259 e. The van der Waals surface area contributed by atoms with Gasteiger partial charge in [-0.15, -0.1) is 11.3 Å². The Hall–Kier alpha value is -2.08. The lowest BCUT2D eigenvalue weighted by Gasteiger charge is -2.19. The Kier molecular flexibility index (Phi) is 4.24. The van der Waals surface area contributed by atoms with Gasteiger partial charge in [0.05, 0.1) is 18.7 Å². The van der Waals surface area contributed by atoms with Crippen molar-refractivity contribution < 1.29 is 9.53 Å². The van der Waals surface area contributed by atoms with Crippen LogP contribution in [0, 0.1) is 6.92 Å². The van der Waals surface area contributed by atoms with E-state index in [1.54, 1.807) is 47.7 Å². The summed E-state index contributed by atoms with van der Waals surface area (Å²) in [6.45, 7) is 2.44. The average Bonchev–Trinajstić information content (AvgIpc) is 2.82. The van der Waals surface area contributed by atoms with Crippen molar-refractivity contribution in [2.45, 2.75) is 13.5 Å². The van der Waals surface area contributed by atoms with Crippen LogP contribution < -0.4 is 10.5 Å². The average molecular weight is 291 g/mol. The molecule has 106 valence electrons. The molecule has 0 aliphatic carbocycles. The second-order valence-corrected chi connectivity index (χ2v) is 5.75. The maximum Gasteiger partial charge on any atom is 0.259 e. The van der Waals surface area contributed by atoms with Crippen molar-refractivity contribution in [3.05, 3.63) is 39.8 Å². The molecule has 1 aromatic heterocycles. The van der Waals surface area contributed by atoms with Crippen LogP contribution >= 0.6 is 11.3 Å². The van der Waals surface area contributed by atoms with Gasteiger partial charge >= 0.3 is 0 Å². The largest absolute Gasteiger partial charge is 0.496 e. The van der Waals surface area contributed by atoms with Gasteiger partial charge in [-0.05, 0) is 19.1 Å². The molecule has 0 saturated heterocycles. The molecule has 0 aliphatic rings. The molecule has 0 radical (unpaired) electrons. The summed E-state index contributed by atoms with van der Waals surface area (Å²) in [6, 6.07) is 5.19. The van der Waals surface area contributed by atoms with E-state index in [1.807, 2.05) is 6.92 Å². The minimum Gasteiger partial charge on any atom is -0.496 e. The number of rotatable bonds is 4. The molecule has 0 fully saturated rings. The van der Waals surface area contributed by atoms with E-state index in [4.69, 9.17) is 10.5 Å². The molecule has 0 aliphatic heterocycles. The first-order valence-corrected chi connectivity index (χ1v) is 6.94. The molecule has 5 nitrogen and oxygen atoms in total. The van der Waals surface area contributed by atoms with Crippen LogP contribution in [0.1, 0.15) is 20.2 Å². The Balaban J connectivity index is 2.22. The molecule has 2 aromatic rings. The highest BCUT2D eigenvalue weighted by atomic mass is 32.1. The molecule has 0 atom stereocenters. The molecule has 2 rings (SSSR count). The number of anilines is 1. The lowest BCUT2D eigenvalue weighted by atomic mass is 10.1. The van der Waals surface area contributed by atoms with Gasteiger partial charge in [0.15, 0.2) is 0 Å². The lowest BCUT2D eigenvalue weighted by molar-refractivity contribution is 0.0784. The number of nitrogen functional groups attached to an aromatic ring is 1. The topological polar surface area (TPSA) is 68.5 Å². The Morgan fingerprint density at radius 1 is 1.50 bits per heavy atom. The molecule has 2 N–H and O–H groups in total. The second-order valence-electron chi connectivity index (χ2n) is 4.43. The number of nitrogens with two attached hydrogens (primary N) is 1. The summed E-state index contributed by atoms with van der Waals surface area (Å²) in [6.07, 6.45) is 1.79. The normalized spacial score (nSPS) is 10.3. The number of aromatic nitrogens is 1. The van der Waals surface area contributed by atoms with Crippen LogP contribution in [0.3, 0.4) is 0 Å². The fraction of sp³-hybridized carbons (Fsp3) is 0.286. The first kappa shape index (κ1) is 14.3. The maximum absolute atomic E-state index is 12.5. The Morgan fingerprint density at radius 3 is 2.85 bits per heavy atom. The van der Waals surface area contributed by atoms with E-state index in [9.17, 15) is 4.79 Å². The molecule has 0 saturated carbocycles. The van der Waals surface area contributed by atoms with Crippen molar-refractivity contribution in [3.63, 3.8) is 0 Å². The molecule has 6 heteroatoms. The zero-order valence-electron chi connectivity index (χ0n) is 11.7. The van der Waals surface area contributed by atoms with Crippen molar-refractivity contribution in [1.29, 1.82) is 0 Å². The predicted molar refractivity (Wildman–Crippen MR) is 80.1 cm³/mol. The van der Waals surface area contributed by atoms with Gasteiger partial charge in [-0.25, -0.2) is 4.98 Å². The minimum absolute atomic E-state index is 0.161. The summed E-state index contributed by atoms with van der Waals surface area (Å²) in [7, 11) is 3.27. The lowest BCUT2D eigenvalue weighted by Crippen LogP contribution is -2.27. The third kappa shape index (κ3) is 2.91. The van der Waals surface area contributed by atoms with E-state index in [0.29, 0.717) is 23.5 Å². The van der Waals surface area contributed by atoms with Crippen LogP contribution in [0.15, 0.2) is 24.4 Å². The number of hydrogen-bond acceptors (Lipinski definition) is 5. The van der Waals surface area contributed by atoms with Gasteiger partial charge in [-0.2, -0.15) is 0 Å². The van der Waals surface area contributed by atoms with Gasteiger partial charge in [0.1, 0.15) is 11.3 Å². The number of ether oxygens (including phenoxy) is 1. The number of thiazole rings is 1. The number of nitrogens with zero attached hydrogens (tertiary/aromatic N) is 2.